The normalized spacial score (nSPS) is 10.7. The topological polar surface area (TPSA) is 84.7 Å². The van der Waals surface area contributed by atoms with Crippen LogP contribution in [0.15, 0.2) is 73.4 Å². The number of benzene rings is 2. The van der Waals surface area contributed by atoms with E-state index < -0.39 is 0 Å². The Balaban J connectivity index is 1.35. The first-order valence-electron chi connectivity index (χ1n) is 8.57. The molecule has 0 saturated heterocycles. The fraction of sp³-hybridized carbons (Fsp3) is 0.100. The first-order valence-corrected chi connectivity index (χ1v) is 8.57. The summed E-state index contributed by atoms with van der Waals surface area (Å²) in [6.07, 6.45) is 4.91. The number of pyridine rings is 1. The highest BCUT2D eigenvalue weighted by Crippen LogP contribution is 2.20. The molecule has 0 aliphatic heterocycles. The summed E-state index contributed by atoms with van der Waals surface area (Å²) < 4.78 is 1.76. The number of rotatable bonds is 5. The first-order chi connectivity index (χ1) is 13.3. The van der Waals surface area contributed by atoms with Crippen LogP contribution >= 0.6 is 0 Å². The SMILES string of the molecule is O=C(NCc1ccc(Cn2cncn2)cc1)Nc1cccc2cccnc12. The van der Waals surface area contributed by atoms with Crippen LogP contribution in [0.3, 0.4) is 0 Å². The molecule has 0 unspecified atom stereocenters. The molecule has 7 nitrogen and oxygen atoms in total. The van der Waals surface area contributed by atoms with Gasteiger partial charge in [0.05, 0.1) is 17.7 Å². The van der Waals surface area contributed by atoms with E-state index in [4.69, 9.17) is 0 Å². The summed E-state index contributed by atoms with van der Waals surface area (Å²) in [6, 6.07) is 17.3. The van der Waals surface area contributed by atoms with Crippen LogP contribution in [0.4, 0.5) is 10.5 Å². The van der Waals surface area contributed by atoms with E-state index in [0.29, 0.717) is 18.8 Å². The van der Waals surface area contributed by atoms with Crippen molar-refractivity contribution in [1.82, 2.24) is 25.1 Å². The van der Waals surface area contributed by atoms with Gasteiger partial charge in [-0.3, -0.25) is 4.98 Å². The van der Waals surface area contributed by atoms with Gasteiger partial charge in [-0.25, -0.2) is 14.5 Å². The average molecular weight is 358 g/mol. The van der Waals surface area contributed by atoms with E-state index in [1.54, 1.807) is 17.2 Å². The molecular formula is C20H18N6O. The number of fused-ring (bicyclic) bond motifs is 1. The molecule has 0 radical (unpaired) electrons. The molecule has 2 amide bonds. The maximum Gasteiger partial charge on any atom is 0.319 e. The molecule has 27 heavy (non-hydrogen) atoms. The lowest BCUT2D eigenvalue weighted by Crippen LogP contribution is -2.28. The van der Waals surface area contributed by atoms with E-state index >= 15 is 0 Å². The Morgan fingerprint density at radius 3 is 2.63 bits per heavy atom. The molecular weight excluding hydrogens is 340 g/mol. The predicted molar refractivity (Wildman–Crippen MR) is 103 cm³/mol. The van der Waals surface area contributed by atoms with Gasteiger partial charge >= 0.3 is 6.03 Å². The number of hydrogen-bond donors (Lipinski definition) is 2. The highest BCUT2D eigenvalue weighted by atomic mass is 16.2. The summed E-state index contributed by atoms with van der Waals surface area (Å²) in [6.45, 7) is 1.11. The van der Waals surface area contributed by atoms with Gasteiger partial charge in [0.15, 0.2) is 0 Å². The van der Waals surface area contributed by atoms with Crippen LogP contribution in [0.2, 0.25) is 0 Å². The van der Waals surface area contributed by atoms with Gasteiger partial charge in [-0.05, 0) is 23.3 Å². The van der Waals surface area contributed by atoms with Crippen molar-refractivity contribution in [3.05, 3.63) is 84.6 Å². The highest BCUT2D eigenvalue weighted by molar-refractivity contribution is 5.99. The minimum absolute atomic E-state index is 0.264. The number of para-hydroxylation sites is 1. The molecule has 0 fully saturated rings. The van der Waals surface area contributed by atoms with Gasteiger partial charge in [-0.15, -0.1) is 0 Å². The fourth-order valence-corrected chi connectivity index (χ4v) is 2.82. The van der Waals surface area contributed by atoms with Crippen molar-refractivity contribution in [1.29, 1.82) is 0 Å². The predicted octanol–water partition coefficient (Wildman–Crippen LogP) is 3.20. The van der Waals surface area contributed by atoms with Gasteiger partial charge in [0.25, 0.3) is 0 Å². The zero-order chi connectivity index (χ0) is 18.5. The number of amides is 2. The minimum atomic E-state index is -0.264. The van der Waals surface area contributed by atoms with E-state index in [0.717, 1.165) is 22.0 Å². The number of urea groups is 1. The molecule has 2 N–H and O–H groups in total. The third-order valence-electron chi connectivity index (χ3n) is 4.17. The minimum Gasteiger partial charge on any atom is -0.334 e. The van der Waals surface area contributed by atoms with Crippen molar-refractivity contribution >= 4 is 22.6 Å². The standard InChI is InChI=1S/C20H18N6O/c27-20(25-18-5-1-3-17-4-2-10-22-19(17)18)23-11-15-6-8-16(9-7-15)12-26-14-21-13-24-26/h1-10,13-14H,11-12H2,(H2,23,25,27). The second-order valence-corrected chi connectivity index (χ2v) is 6.10. The Hall–Kier alpha value is -3.74. The van der Waals surface area contributed by atoms with Crippen molar-refractivity contribution < 1.29 is 4.79 Å². The summed E-state index contributed by atoms with van der Waals surface area (Å²) in [7, 11) is 0. The van der Waals surface area contributed by atoms with Crippen LogP contribution < -0.4 is 10.6 Å². The van der Waals surface area contributed by atoms with Crippen LogP contribution in [-0.2, 0) is 13.1 Å². The molecule has 134 valence electrons. The van der Waals surface area contributed by atoms with E-state index in [2.05, 4.69) is 25.7 Å². The van der Waals surface area contributed by atoms with Gasteiger partial charge < -0.3 is 10.6 Å². The van der Waals surface area contributed by atoms with E-state index in [-0.39, 0.29) is 6.03 Å². The molecule has 7 heteroatoms. The third-order valence-corrected chi connectivity index (χ3v) is 4.17. The summed E-state index contributed by atoms with van der Waals surface area (Å²) in [4.78, 5) is 20.5. The zero-order valence-corrected chi connectivity index (χ0v) is 14.5. The summed E-state index contributed by atoms with van der Waals surface area (Å²) in [5.74, 6) is 0. The van der Waals surface area contributed by atoms with E-state index in [1.807, 2.05) is 54.6 Å². The first kappa shape index (κ1) is 16.7. The number of nitrogens with one attached hydrogen (secondary N) is 2. The van der Waals surface area contributed by atoms with Gasteiger partial charge in [-0.2, -0.15) is 5.10 Å². The Morgan fingerprint density at radius 2 is 1.81 bits per heavy atom. The Labute approximate surface area is 156 Å². The van der Waals surface area contributed by atoms with Crippen LogP contribution in [0.1, 0.15) is 11.1 Å². The Morgan fingerprint density at radius 1 is 1.00 bits per heavy atom. The third kappa shape index (κ3) is 4.09. The van der Waals surface area contributed by atoms with Crippen molar-refractivity contribution in [2.45, 2.75) is 13.1 Å². The Bertz CT molecular complexity index is 1040. The van der Waals surface area contributed by atoms with Crippen LogP contribution in [0.25, 0.3) is 10.9 Å². The number of hydrogen-bond acceptors (Lipinski definition) is 4. The average Bonchev–Trinajstić information content (AvgIpc) is 3.21. The number of aromatic nitrogens is 4. The van der Waals surface area contributed by atoms with Crippen LogP contribution in [0.5, 0.6) is 0 Å². The number of carbonyl (C=O) groups excluding carboxylic acids is 1. The van der Waals surface area contributed by atoms with Gasteiger partial charge in [-0.1, -0.05) is 42.5 Å². The summed E-state index contributed by atoms with van der Waals surface area (Å²) in [5, 5.41) is 10.8. The molecule has 2 aromatic carbocycles. The second kappa shape index (κ2) is 7.65. The van der Waals surface area contributed by atoms with Gasteiger partial charge in [0.2, 0.25) is 0 Å². The molecule has 2 aromatic heterocycles. The van der Waals surface area contributed by atoms with Crippen LogP contribution in [0, 0.1) is 0 Å². The highest BCUT2D eigenvalue weighted by Gasteiger charge is 2.06. The molecule has 0 aliphatic carbocycles. The van der Waals surface area contributed by atoms with E-state index in [9.17, 15) is 4.79 Å². The smallest absolute Gasteiger partial charge is 0.319 e. The zero-order valence-electron chi connectivity index (χ0n) is 14.5. The Kier molecular flexibility index (Phi) is 4.74. The van der Waals surface area contributed by atoms with Crippen molar-refractivity contribution in [2.75, 3.05) is 5.32 Å². The summed E-state index contributed by atoms with van der Waals surface area (Å²) >= 11 is 0. The monoisotopic (exact) mass is 358 g/mol. The molecule has 0 atom stereocenters. The summed E-state index contributed by atoms with van der Waals surface area (Å²) in [5.41, 5.74) is 3.60. The van der Waals surface area contributed by atoms with Crippen molar-refractivity contribution in [2.24, 2.45) is 0 Å². The lowest BCUT2D eigenvalue weighted by molar-refractivity contribution is 0.252. The number of carbonyl (C=O) groups is 1. The number of nitrogens with zero attached hydrogens (tertiary/aromatic N) is 4. The molecule has 2 heterocycles. The van der Waals surface area contributed by atoms with Gasteiger partial charge in [0, 0.05) is 18.1 Å². The lowest BCUT2D eigenvalue weighted by atomic mass is 10.1. The van der Waals surface area contributed by atoms with Crippen molar-refractivity contribution in [3.8, 4) is 0 Å². The second-order valence-electron chi connectivity index (χ2n) is 6.10. The molecule has 4 aromatic rings. The van der Waals surface area contributed by atoms with Crippen LogP contribution in [-0.4, -0.2) is 25.8 Å². The maximum absolute atomic E-state index is 12.2. The molecule has 4 rings (SSSR count). The van der Waals surface area contributed by atoms with E-state index in [1.165, 1.54) is 6.33 Å². The molecule has 0 saturated carbocycles. The van der Waals surface area contributed by atoms with Gasteiger partial charge in [0.1, 0.15) is 12.7 Å². The lowest BCUT2D eigenvalue weighted by Gasteiger charge is -2.10. The molecule has 0 aliphatic rings. The quantitative estimate of drug-likeness (QED) is 0.574. The fourth-order valence-electron chi connectivity index (χ4n) is 2.82. The molecule has 0 bridgehead atoms. The van der Waals surface area contributed by atoms with Crippen molar-refractivity contribution in [3.63, 3.8) is 0 Å². The molecule has 0 spiro atoms. The largest absolute Gasteiger partial charge is 0.334 e. The number of anilines is 1. The maximum atomic E-state index is 12.2.